The monoisotopic (exact) mass is 325 g/mol. The molecule has 23 heavy (non-hydrogen) atoms. The van der Waals surface area contributed by atoms with Gasteiger partial charge in [0.15, 0.2) is 23.2 Å². The van der Waals surface area contributed by atoms with E-state index in [1.807, 2.05) is 13.8 Å². The second-order valence-corrected chi connectivity index (χ2v) is 5.61. The summed E-state index contributed by atoms with van der Waals surface area (Å²) in [5.41, 5.74) is 6.50. The zero-order valence-electron chi connectivity index (χ0n) is 12.7. The van der Waals surface area contributed by atoms with E-state index in [1.54, 1.807) is 0 Å². The number of rotatable bonds is 4. The van der Waals surface area contributed by atoms with Crippen LogP contribution in [0.15, 0.2) is 6.33 Å². The van der Waals surface area contributed by atoms with Crippen LogP contribution in [-0.4, -0.2) is 65.9 Å². The molecular formula is C13H19N5O5. The third kappa shape index (κ3) is 2.70. The second kappa shape index (κ2) is 5.89. The smallest absolute Gasteiger partial charge is 0.320 e. The minimum atomic E-state index is -1.24. The third-order valence-electron chi connectivity index (χ3n) is 3.56. The van der Waals surface area contributed by atoms with Gasteiger partial charge in [0.05, 0.1) is 19.0 Å². The highest BCUT2D eigenvalue weighted by Gasteiger charge is 2.44. The summed E-state index contributed by atoms with van der Waals surface area (Å²) < 4.78 is 12.4. The first-order chi connectivity index (χ1) is 10.9. The standard InChI is InChI=1S/C13H19N5O5/c1-5(2)22-13-16-10(14)7-11(17-13)18(4-15-7)12-9(21)8(20)6(3-19)23-12/h4-6,8-9,12,19-21H,3H2,1-2H3,(H2,14,16,17)/t6-,8-,9-,12?/m1/s1. The van der Waals surface area contributed by atoms with Gasteiger partial charge in [-0.25, -0.2) is 4.98 Å². The molecule has 0 radical (unpaired) electrons. The van der Waals surface area contributed by atoms with Crippen molar-refractivity contribution in [1.82, 2.24) is 19.5 Å². The third-order valence-corrected chi connectivity index (χ3v) is 3.56. The zero-order valence-corrected chi connectivity index (χ0v) is 12.7. The average molecular weight is 325 g/mol. The number of aliphatic hydroxyl groups excluding tert-OH is 3. The molecule has 1 fully saturated rings. The molecule has 2 aromatic heterocycles. The zero-order chi connectivity index (χ0) is 16.7. The van der Waals surface area contributed by atoms with Crippen LogP contribution in [0.25, 0.3) is 11.2 Å². The quantitative estimate of drug-likeness (QED) is 0.544. The first kappa shape index (κ1) is 15.9. The normalized spacial score (nSPS) is 27.9. The number of fused-ring (bicyclic) bond motifs is 1. The molecule has 126 valence electrons. The molecule has 3 rings (SSSR count). The maximum Gasteiger partial charge on any atom is 0.320 e. The van der Waals surface area contributed by atoms with E-state index in [1.165, 1.54) is 10.9 Å². The lowest BCUT2D eigenvalue weighted by Gasteiger charge is -2.17. The fourth-order valence-corrected chi connectivity index (χ4v) is 2.48. The molecular weight excluding hydrogens is 306 g/mol. The largest absolute Gasteiger partial charge is 0.461 e. The first-order valence-corrected chi connectivity index (χ1v) is 7.21. The number of ether oxygens (including phenoxy) is 2. The van der Waals surface area contributed by atoms with Gasteiger partial charge in [-0.3, -0.25) is 4.57 Å². The van der Waals surface area contributed by atoms with Gasteiger partial charge in [-0.05, 0) is 13.8 Å². The predicted octanol–water partition coefficient (Wildman–Crippen LogP) is -1.19. The Labute approximate surface area is 131 Å². The summed E-state index contributed by atoms with van der Waals surface area (Å²) in [6, 6.07) is 0.0819. The highest BCUT2D eigenvalue weighted by Crippen LogP contribution is 2.32. The highest BCUT2D eigenvalue weighted by atomic mass is 16.6. The molecule has 1 saturated heterocycles. The van der Waals surface area contributed by atoms with Crippen molar-refractivity contribution in [3.63, 3.8) is 0 Å². The molecule has 0 aliphatic carbocycles. The van der Waals surface area contributed by atoms with Gasteiger partial charge in [0, 0.05) is 0 Å². The number of nitrogen functional groups attached to an aromatic ring is 1. The van der Waals surface area contributed by atoms with E-state index in [2.05, 4.69) is 15.0 Å². The topological polar surface area (TPSA) is 149 Å². The SMILES string of the molecule is CC(C)Oc1nc(N)c2ncn(C3O[C@H](CO)[C@@H](O)[C@H]3O)c2n1. The fraction of sp³-hybridized carbons (Fsp3) is 0.615. The lowest BCUT2D eigenvalue weighted by atomic mass is 10.1. The summed E-state index contributed by atoms with van der Waals surface area (Å²) in [6.07, 6.45) is -3.05. The van der Waals surface area contributed by atoms with Crippen molar-refractivity contribution in [2.45, 2.75) is 44.5 Å². The van der Waals surface area contributed by atoms with Crippen LogP contribution in [0, 0.1) is 0 Å². The molecule has 1 aliphatic rings. The molecule has 0 amide bonds. The summed E-state index contributed by atoms with van der Waals surface area (Å²) in [4.78, 5) is 12.4. The molecule has 0 bridgehead atoms. The highest BCUT2D eigenvalue weighted by molar-refractivity contribution is 5.82. The molecule has 2 aromatic rings. The number of aromatic nitrogens is 4. The van der Waals surface area contributed by atoms with Crippen molar-refractivity contribution < 1.29 is 24.8 Å². The van der Waals surface area contributed by atoms with E-state index in [0.29, 0.717) is 11.2 Å². The van der Waals surface area contributed by atoms with Gasteiger partial charge in [-0.2, -0.15) is 9.97 Å². The van der Waals surface area contributed by atoms with Gasteiger partial charge in [0.1, 0.15) is 18.3 Å². The van der Waals surface area contributed by atoms with Crippen molar-refractivity contribution in [3.05, 3.63) is 6.33 Å². The van der Waals surface area contributed by atoms with Gasteiger partial charge in [-0.1, -0.05) is 0 Å². The van der Waals surface area contributed by atoms with Crippen molar-refractivity contribution in [2.75, 3.05) is 12.3 Å². The van der Waals surface area contributed by atoms with Gasteiger partial charge in [-0.15, -0.1) is 0 Å². The molecule has 1 aliphatic heterocycles. The Hall–Kier alpha value is -2.01. The number of hydrogen-bond acceptors (Lipinski definition) is 9. The lowest BCUT2D eigenvalue weighted by Crippen LogP contribution is -2.33. The van der Waals surface area contributed by atoms with Gasteiger partial charge < -0.3 is 30.5 Å². The Morgan fingerprint density at radius 1 is 1.35 bits per heavy atom. The molecule has 4 atom stereocenters. The number of imidazole rings is 1. The minimum absolute atomic E-state index is 0.0819. The predicted molar refractivity (Wildman–Crippen MR) is 78.5 cm³/mol. The number of aliphatic hydroxyl groups is 3. The average Bonchev–Trinajstić information content (AvgIpc) is 3.01. The van der Waals surface area contributed by atoms with Gasteiger partial charge >= 0.3 is 6.01 Å². The molecule has 10 heteroatoms. The molecule has 0 aromatic carbocycles. The number of anilines is 1. The molecule has 3 heterocycles. The van der Waals surface area contributed by atoms with Crippen molar-refractivity contribution >= 4 is 17.0 Å². The van der Waals surface area contributed by atoms with Crippen molar-refractivity contribution in [3.8, 4) is 6.01 Å². The number of nitrogens with two attached hydrogens (primary N) is 1. The Bertz CT molecular complexity index is 705. The molecule has 1 unspecified atom stereocenters. The second-order valence-electron chi connectivity index (χ2n) is 5.61. The number of hydrogen-bond donors (Lipinski definition) is 4. The Balaban J connectivity index is 2.03. The van der Waals surface area contributed by atoms with Crippen molar-refractivity contribution in [1.29, 1.82) is 0 Å². The van der Waals surface area contributed by atoms with Gasteiger partial charge in [0.2, 0.25) is 0 Å². The fourth-order valence-electron chi connectivity index (χ4n) is 2.48. The summed E-state index contributed by atoms with van der Waals surface area (Å²) >= 11 is 0. The summed E-state index contributed by atoms with van der Waals surface area (Å²) in [7, 11) is 0. The van der Waals surface area contributed by atoms with Crippen LogP contribution >= 0.6 is 0 Å². The van der Waals surface area contributed by atoms with E-state index >= 15 is 0 Å². The summed E-state index contributed by atoms with van der Waals surface area (Å²) in [6.45, 7) is 3.24. The summed E-state index contributed by atoms with van der Waals surface area (Å²) in [5.74, 6) is 0.135. The van der Waals surface area contributed by atoms with Crippen LogP contribution in [0.1, 0.15) is 20.1 Å². The van der Waals surface area contributed by atoms with Crippen LogP contribution in [-0.2, 0) is 4.74 Å². The van der Waals surface area contributed by atoms with E-state index in [0.717, 1.165) is 0 Å². The van der Waals surface area contributed by atoms with E-state index in [-0.39, 0.29) is 17.9 Å². The van der Waals surface area contributed by atoms with E-state index in [4.69, 9.17) is 15.2 Å². The van der Waals surface area contributed by atoms with E-state index < -0.39 is 31.1 Å². The van der Waals surface area contributed by atoms with Crippen LogP contribution in [0.3, 0.4) is 0 Å². The maximum atomic E-state index is 10.1. The molecule has 0 spiro atoms. The van der Waals surface area contributed by atoms with Crippen molar-refractivity contribution in [2.24, 2.45) is 0 Å². The molecule has 10 nitrogen and oxygen atoms in total. The van der Waals surface area contributed by atoms with Gasteiger partial charge in [0.25, 0.3) is 0 Å². The first-order valence-electron chi connectivity index (χ1n) is 7.21. The van der Waals surface area contributed by atoms with Crippen LogP contribution in [0.5, 0.6) is 6.01 Å². The Kier molecular flexibility index (Phi) is 4.06. The molecule has 5 N–H and O–H groups in total. The minimum Gasteiger partial charge on any atom is -0.461 e. The van der Waals surface area contributed by atoms with E-state index in [9.17, 15) is 15.3 Å². The van der Waals surface area contributed by atoms with Crippen LogP contribution in [0.4, 0.5) is 5.82 Å². The summed E-state index contributed by atoms with van der Waals surface area (Å²) in [5, 5.41) is 29.2. The number of nitrogens with zero attached hydrogens (tertiary/aromatic N) is 4. The Morgan fingerprint density at radius 2 is 2.09 bits per heavy atom. The lowest BCUT2D eigenvalue weighted by molar-refractivity contribution is -0.0511. The maximum absolute atomic E-state index is 10.1. The van der Waals surface area contributed by atoms with Crippen LogP contribution < -0.4 is 10.5 Å². The Morgan fingerprint density at radius 3 is 2.70 bits per heavy atom. The molecule has 0 saturated carbocycles. The van der Waals surface area contributed by atoms with Crippen LogP contribution in [0.2, 0.25) is 0 Å².